The zero-order valence-electron chi connectivity index (χ0n) is 22.8. The van der Waals surface area contributed by atoms with Crippen LogP contribution in [0.15, 0.2) is 41.3 Å². The molecule has 37 heavy (non-hydrogen) atoms. The van der Waals surface area contributed by atoms with Crippen molar-refractivity contribution in [1.29, 1.82) is 0 Å². The smallest absolute Gasteiger partial charge is 0.305 e. The lowest BCUT2D eigenvalue weighted by atomic mass is 10.1. The summed E-state index contributed by atoms with van der Waals surface area (Å²) in [5.74, 6) is -0.187. The van der Waals surface area contributed by atoms with E-state index >= 15 is 0 Å². The summed E-state index contributed by atoms with van der Waals surface area (Å²) in [6, 6.07) is 6.33. The summed E-state index contributed by atoms with van der Waals surface area (Å²) in [4.78, 5) is 14.0. The molecule has 0 saturated carbocycles. The Morgan fingerprint density at radius 2 is 1.65 bits per heavy atom. The molecule has 210 valence electrons. The van der Waals surface area contributed by atoms with Gasteiger partial charge >= 0.3 is 5.97 Å². The maximum Gasteiger partial charge on any atom is 0.305 e. The first kappa shape index (κ1) is 31.8. The Labute approximate surface area is 230 Å². The highest BCUT2D eigenvalue weighted by Crippen LogP contribution is 2.23. The van der Waals surface area contributed by atoms with Crippen LogP contribution in [0, 0.1) is 0 Å². The van der Waals surface area contributed by atoms with Crippen LogP contribution in [0.2, 0.25) is 5.02 Å². The van der Waals surface area contributed by atoms with E-state index < -0.39 is 10.0 Å². The molecular weight excluding hydrogens is 508 g/mol. The molecule has 6 nitrogen and oxygen atoms in total. The number of nitrogens with one attached hydrogen (secondary N) is 1. The Morgan fingerprint density at radius 1 is 1.03 bits per heavy atom. The van der Waals surface area contributed by atoms with Gasteiger partial charge in [0, 0.05) is 30.1 Å². The number of hydrogen-bond donors (Lipinski definition) is 1. The molecule has 1 heterocycles. The third-order valence-corrected chi connectivity index (χ3v) is 8.82. The minimum Gasteiger partial charge on any atom is -0.469 e. The molecule has 0 spiro atoms. The van der Waals surface area contributed by atoms with Crippen LogP contribution in [0.25, 0.3) is 0 Å². The number of allylic oxidation sites excluding steroid dienone is 1. The molecule has 8 heteroatoms. The van der Waals surface area contributed by atoms with Crippen LogP contribution < -0.4 is 4.72 Å². The van der Waals surface area contributed by atoms with E-state index in [1.54, 1.807) is 24.3 Å². The van der Waals surface area contributed by atoms with Gasteiger partial charge in [-0.25, -0.2) is 13.1 Å². The number of unbranched alkanes of at least 4 members (excludes halogenated alkanes) is 10. The second-order valence-corrected chi connectivity index (χ2v) is 12.3. The number of methoxy groups -OCH3 is 1. The summed E-state index contributed by atoms with van der Waals surface area (Å²) in [6.07, 6.45) is 20.0. The second kappa shape index (κ2) is 18.0. The third kappa shape index (κ3) is 12.8. The Kier molecular flexibility index (Phi) is 15.5. The van der Waals surface area contributed by atoms with Gasteiger partial charge in [-0.15, -0.1) is 0 Å². The molecule has 2 atom stereocenters. The number of carbonyl (C=O) groups excluding carboxylic acids is 1. The molecule has 1 fully saturated rings. The molecule has 0 aliphatic carbocycles. The van der Waals surface area contributed by atoms with Crippen molar-refractivity contribution in [2.45, 2.75) is 114 Å². The lowest BCUT2D eigenvalue weighted by molar-refractivity contribution is -0.140. The van der Waals surface area contributed by atoms with Crippen molar-refractivity contribution >= 4 is 27.6 Å². The number of likely N-dealkylation sites (tertiary alicyclic amines) is 1. The summed E-state index contributed by atoms with van der Waals surface area (Å²) in [5.41, 5.74) is 0. The number of sulfonamides is 1. The monoisotopic (exact) mass is 554 g/mol. The van der Waals surface area contributed by atoms with Crippen LogP contribution in [0.3, 0.4) is 0 Å². The molecule has 0 radical (unpaired) electrons. The maximum absolute atomic E-state index is 12.9. The summed E-state index contributed by atoms with van der Waals surface area (Å²) in [7, 11) is -2.19. The Morgan fingerprint density at radius 3 is 2.27 bits per heavy atom. The maximum atomic E-state index is 12.9. The Balaban J connectivity index is 1.84. The summed E-state index contributed by atoms with van der Waals surface area (Å²) in [5, 5.41) is 0.514. The zero-order chi connectivity index (χ0) is 26.9. The molecule has 1 aromatic carbocycles. The van der Waals surface area contributed by atoms with Gasteiger partial charge in [0.2, 0.25) is 10.0 Å². The normalized spacial score (nSPS) is 18.6. The predicted molar refractivity (Wildman–Crippen MR) is 152 cm³/mol. The van der Waals surface area contributed by atoms with Crippen molar-refractivity contribution in [3.8, 4) is 0 Å². The van der Waals surface area contributed by atoms with Crippen LogP contribution in [0.1, 0.15) is 96.8 Å². The van der Waals surface area contributed by atoms with Crippen LogP contribution in [-0.2, 0) is 19.6 Å². The van der Waals surface area contributed by atoms with Gasteiger partial charge in [-0.2, -0.15) is 0 Å². The molecule has 0 unspecified atom stereocenters. The first-order chi connectivity index (χ1) is 17.9. The van der Waals surface area contributed by atoms with E-state index in [9.17, 15) is 13.2 Å². The molecule has 0 bridgehead atoms. The van der Waals surface area contributed by atoms with Crippen molar-refractivity contribution in [3.63, 3.8) is 0 Å². The largest absolute Gasteiger partial charge is 0.469 e. The SMILES string of the molecule is CCCCCCCCCCCCN1C[C@H](NS(=O)(=O)c2ccc(Cl)cc2)C[C@H]1/C=C\CCCC(=O)OC. The number of nitrogens with zero attached hydrogens (tertiary/aromatic N) is 1. The number of esters is 1. The lowest BCUT2D eigenvalue weighted by Gasteiger charge is -2.21. The van der Waals surface area contributed by atoms with Gasteiger partial charge < -0.3 is 4.74 Å². The van der Waals surface area contributed by atoms with Crippen molar-refractivity contribution in [2.75, 3.05) is 20.2 Å². The fourth-order valence-corrected chi connectivity index (χ4v) is 6.27. The first-order valence-corrected chi connectivity index (χ1v) is 16.0. The van der Waals surface area contributed by atoms with Crippen molar-refractivity contribution in [3.05, 3.63) is 41.4 Å². The number of benzene rings is 1. The topological polar surface area (TPSA) is 75.7 Å². The van der Waals surface area contributed by atoms with Crippen LogP contribution in [-0.4, -0.2) is 51.6 Å². The number of carbonyl (C=O) groups is 1. The third-order valence-electron chi connectivity index (χ3n) is 7.03. The van der Waals surface area contributed by atoms with Crippen molar-refractivity contribution in [1.82, 2.24) is 9.62 Å². The zero-order valence-corrected chi connectivity index (χ0v) is 24.4. The van der Waals surface area contributed by atoms with E-state index in [2.05, 4.69) is 28.7 Å². The molecule has 1 saturated heterocycles. The lowest BCUT2D eigenvalue weighted by Crippen LogP contribution is -2.37. The van der Waals surface area contributed by atoms with Gasteiger partial charge in [-0.3, -0.25) is 9.69 Å². The highest BCUT2D eigenvalue weighted by molar-refractivity contribution is 7.89. The Hall–Kier alpha value is -1.41. The average molecular weight is 555 g/mol. The highest BCUT2D eigenvalue weighted by atomic mass is 35.5. The van der Waals surface area contributed by atoms with Crippen molar-refractivity contribution in [2.24, 2.45) is 0 Å². The quantitative estimate of drug-likeness (QED) is 0.114. The number of rotatable bonds is 19. The van der Waals surface area contributed by atoms with Gasteiger partial charge in [0.1, 0.15) is 0 Å². The van der Waals surface area contributed by atoms with Gasteiger partial charge in [0.15, 0.2) is 0 Å². The number of hydrogen-bond acceptors (Lipinski definition) is 5. The first-order valence-electron chi connectivity index (χ1n) is 14.1. The average Bonchev–Trinajstić information content (AvgIpc) is 3.25. The number of halogens is 1. The molecule has 1 N–H and O–H groups in total. The van der Waals surface area contributed by atoms with E-state index in [1.165, 1.54) is 64.9 Å². The van der Waals surface area contributed by atoms with Crippen LogP contribution in [0.4, 0.5) is 0 Å². The molecular formula is C29H47ClN2O4S. The van der Waals surface area contributed by atoms with E-state index in [1.807, 2.05) is 0 Å². The van der Waals surface area contributed by atoms with Crippen molar-refractivity contribution < 1.29 is 17.9 Å². The highest BCUT2D eigenvalue weighted by Gasteiger charge is 2.32. The van der Waals surface area contributed by atoms with E-state index in [4.69, 9.17) is 16.3 Å². The van der Waals surface area contributed by atoms with E-state index in [-0.39, 0.29) is 22.9 Å². The summed E-state index contributed by atoms with van der Waals surface area (Å²) >= 11 is 5.93. The second-order valence-electron chi connectivity index (χ2n) is 10.1. The molecule has 0 amide bonds. The fourth-order valence-electron chi connectivity index (χ4n) is 4.90. The van der Waals surface area contributed by atoms with Gasteiger partial charge in [-0.1, -0.05) is 88.5 Å². The molecule has 1 aliphatic heterocycles. The van der Waals surface area contributed by atoms with Crippen LogP contribution in [0.5, 0.6) is 0 Å². The predicted octanol–water partition coefficient (Wildman–Crippen LogP) is 6.88. The molecule has 0 aromatic heterocycles. The minimum absolute atomic E-state index is 0.145. The van der Waals surface area contributed by atoms with Crippen LogP contribution >= 0.6 is 11.6 Å². The number of ether oxygens (including phenoxy) is 1. The molecule has 2 rings (SSSR count). The van der Waals surface area contributed by atoms with Gasteiger partial charge in [0.25, 0.3) is 0 Å². The Bertz CT molecular complexity index is 905. The van der Waals surface area contributed by atoms with Gasteiger partial charge in [0.05, 0.1) is 12.0 Å². The van der Waals surface area contributed by atoms with E-state index in [0.29, 0.717) is 18.0 Å². The fraction of sp³-hybridized carbons (Fsp3) is 0.690. The summed E-state index contributed by atoms with van der Waals surface area (Å²) < 4.78 is 33.4. The van der Waals surface area contributed by atoms with Gasteiger partial charge in [-0.05, 0) is 56.5 Å². The molecule has 1 aromatic rings. The van der Waals surface area contributed by atoms with E-state index in [0.717, 1.165) is 32.2 Å². The standard InChI is InChI=1S/C29H47ClN2O4S/c1-3-4-5-6-7-8-9-10-11-15-22-32-24-26(23-27(32)16-13-12-14-17-29(33)36-2)31-37(34,35)28-20-18-25(30)19-21-28/h13,16,18-21,26-27,31H,3-12,14-15,17,22-24H2,1-2H3/b16-13-/t26-,27-/m1/s1. The molecule has 1 aliphatic rings. The summed E-state index contributed by atoms with van der Waals surface area (Å²) in [6.45, 7) is 3.91. The minimum atomic E-state index is -3.60.